The van der Waals surface area contributed by atoms with E-state index < -0.39 is 0 Å². The molecule has 0 fully saturated rings. The van der Waals surface area contributed by atoms with Crippen molar-refractivity contribution in [1.82, 2.24) is 4.98 Å². The SMILES string of the molecule is CCCCCC(Oc1ccc2oc(-c3ccccc3)cc(=O)c2c1)c1ccc[nH]1.Cl. The highest BCUT2D eigenvalue weighted by molar-refractivity contribution is 5.85. The first-order chi connectivity index (χ1) is 14.2. The second kappa shape index (κ2) is 10.2. The van der Waals surface area contributed by atoms with Crippen molar-refractivity contribution in [3.05, 3.63) is 88.8 Å². The molecule has 0 spiro atoms. The standard InChI is InChI=1S/C25H25NO3.ClH/c1-2-3-5-12-24(21-11-8-15-26-21)28-19-13-14-23-20(16-19)22(27)17-25(29-23)18-9-6-4-7-10-18;/h4,6-11,13-17,24,26H,2-3,5,12H2,1H3;1H. The third-order valence-corrected chi connectivity index (χ3v) is 5.07. The van der Waals surface area contributed by atoms with E-state index in [9.17, 15) is 4.79 Å². The van der Waals surface area contributed by atoms with Crippen molar-refractivity contribution in [2.75, 3.05) is 0 Å². The summed E-state index contributed by atoms with van der Waals surface area (Å²) in [5.74, 6) is 1.24. The van der Waals surface area contributed by atoms with Crippen molar-refractivity contribution in [2.24, 2.45) is 0 Å². The van der Waals surface area contributed by atoms with Crippen molar-refractivity contribution in [2.45, 2.75) is 38.7 Å². The van der Waals surface area contributed by atoms with Crippen LogP contribution in [0.3, 0.4) is 0 Å². The number of hydrogen-bond donors (Lipinski definition) is 1. The zero-order valence-corrected chi connectivity index (χ0v) is 17.8. The molecule has 1 atom stereocenters. The molecular weight excluding hydrogens is 398 g/mol. The molecule has 0 amide bonds. The lowest BCUT2D eigenvalue weighted by Crippen LogP contribution is -2.09. The van der Waals surface area contributed by atoms with E-state index in [2.05, 4.69) is 11.9 Å². The van der Waals surface area contributed by atoms with Gasteiger partial charge in [-0.2, -0.15) is 0 Å². The van der Waals surface area contributed by atoms with Gasteiger partial charge in [-0.15, -0.1) is 12.4 Å². The summed E-state index contributed by atoms with van der Waals surface area (Å²) in [4.78, 5) is 16.0. The third-order valence-electron chi connectivity index (χ3n) is 5.07. The van der Waals surface area contributed by atoms with Crippen LogP contribution in [0.5, 0.6) is 5.75 Å². The van der Waals surface area contributed by atoms with Crippen molar-refractivity contribution in [1.29, 1.82) is 0 Å². The molecule has 2 aromatic heterocycles. The minimum absolute atomic E-state index is 0. The Morgan fingerprint density at radius 2 is 1.83 bits per heavy atom. The van der Waals surface area contributed by atoms with E-state index in [1.807, 2.05) is 60.8 Å². The Hall–Kier alpha value is -2.98. The number of halogens is 1. The van der Waals surface area contributed by atoms with Crippen LogP contribution in [0.15, 0.2) is 82.1 Å². The van der Waals surface area contributed by atoms with E-state index in [-0.39, 0.29) is 23.9 Å². The van der Waals surface area contributed by atoms with Gasteiger partial charge in [0.05, 0.1) is 11.1 Å². The van der Waals surface area contributed by atoms with Gasteiger partial charge in [0.25, 0.3) is 0 Å². The zero-order chi connectivity index (χ0) is 20.1. The molecule has 156 valence electrons. The molecule has 0 bridgehead atoms. The predicted octanol–water partition coefficient (Wildman–Crippen LogP) is 6.91. The minimum atomic E-state index is -0.0713. The molecule has 30 heavy (non-hydrogen) atoms. The number of hydrogen-bond acceptors (Lipinski definition) is 3. The first-order valence-electron chi connectivity index (χ1n) is 10.2. The molecule has 0 aliphatic rings. The average molecular weight is 424 g/mol. The maximum Gasteiger partial charge on any atom is 0.193 e. The highest BCUT2D eigenvalue weighted by Crippen LogP contribution is 2.29. The lowest BCUT2D eigenvalue weighted by atomic mass is 10.1. The van der Waals surface area contributed by atoms with Crippen LogP contribution in [-0.4, -0.2) is 4.98 Å². The normalized spacial score (nSPS) is 11.8. The fourth-order valence-electron chi connectivity index (χ4n) is 3.52. The molecule has 4 nitrogen and oxygen atoms in total. The molecule has 5 heteroatoms. The van der Waals surface area contributed by atoms with Crippen LogP contribution in [-0.2, 0) is 0 Å². The molecule has 1 unspecified atom stereocenters. The van der Waals surface area contributed by atoms with Crippen molar-refractivity contribution < 1.29 is 9.15 Å². The number of benzene rings is 2. The quantitative estimate of drug-likeness (QED) is 0.313. The Balaban J connectivity index is 0.00000256. The maximum absolute atomic E-state index is 12.7. The number of rotatable bonds is 8. The molecule has 0 saturated carbocycles. The lowest BCUT2D eigenvalue weighted by molar-refractivity contribution is 0.187. The monoisotopic (exact) mass is 423 g/mol. The lowest BCUT2D eigenvalue weighted by Gasteiger charge is -2.18. The largest absolute Gasteiger partial charge is 0.484 e. The highest BCUT2D eigenvalue weighted by Gasteiger charge is 2.15. The Bertz CT molecular complexity index is 1120. The topological polar surface area (TPSA) is 55.2 Å². The van der Waals surface area contributed by atoms with E-state index in [0.29, 0.717) is 22.5 Å². The summed E-state index contributed by atoms with van der Waals surface area (Å²) < 4.78 is 12.3. The molecule has 0 aliphatic heterocycles. The van der Waals surface area contributed by atoms with Crippen LogP contribution < -0.4 is 10.2 Å². The van der Waals surface area contributed by atoms with Crippen LogP contribution in [0.4, 0.5) is 0 Å². The first kappa shape index (κ1) is 21.7. The number of fused-ring (bicyclic) bond motifs is 1. The number of unbranched alkanes of at least 4 members (excludes halogenated alkanes) is 2. The summed E-state index contributed by atoms with van der Waals surface area (Å²) in [5.41, 5.74) is 2.42. The van der Waals surface area contributed by atoms with Crippen molar-refractivity contribution >= 4 is 23.4 Å². The molecule has 1 N–H and O–H groups in total. The average Bonchev–Trinajstić information content (AvgIpc) is 3.29. The van der Waals surface area contributed by atoms with Gasteiger partial charge in [0.2, 0.25) is 0 Å². The van der Waals surface area contributed by atoms with E-state index in [1.165, 1.54) is 6.42 Å². The Kier molecular flexibility index (Phi) is 7.36. The van der Waals surface area contributed by atoms with E-state index in [0.717, 1.165) is 30.5 Å². The number of aromatic nitrogens is 1. The fourth-order valence-corrected chi connectivity index (χ4v) is 3.52. The van der Waals surface area contributed by atoms with Gasteiger partial charge in [0.15, 0.2) is 5.43 Å². The summed E-state index contributed by atoms with van der Waals surface area (Å²) in [7, 11) is 0. The molecule has 0 radical (unpaired) electrons. The summed E-state index contributed by atoms with van der Waals surface area (Å²) in [6.07, 6.45) is 6.20. The molecular formula is C25H26ClNO3. The van der Waals surface area contributed by atoms with Crippen molar-refractivity contribution in [3.63, 3.8) is 0 Å². The Labute approximate surface area is 182 Å². The first-order valence-corrected chi connectivity index (χ1v) is 10.2. The molecule has 0 aliphatic carbocycles. The molecule has 2 heterocycles. The van der Waals surface area contributed by atoms with Crippen molar-refractivity contribution in [3.8, 4) is 17.1 Å². The van der Waals surface area contributed by atoms with Crippen LogP contribution in [0, 0.1) is 0 Å². The summed E-state index contributed by atoms with van der Waals surface area (Å²) in [5, 5.41) is 0.529. The van der Waals surface area contributed by atoms with Gasteiger partial charge in [-0.05, 0) is 43.2 Å². The number of H-pyrrole nitrogens is 1. The summed E-state index contributed by atoms with van der Waals surface area (Å²) in [6.45, 7) is 2.19. The summed E-state index contributed by atoms with van der Waals surface area (Å²) >= 11 is 0. The van der Waals surface area contributed by atoms with Crippen LogP contribution in [0.25, 0.3) is 22.3 Å². The van der Waals surface area contributed by atoms with Gasteiger partial charge in [-0.1, -0.05) is 50.1 Å². The van der Waals surface area contributed by atoms with E-state index in [1.54, 1.807) is 12.1 Å². The van der Waals surface area contributed by atoms with Crippen LogP contribution >= 0.6 is 12.4 Å². The second-order valence-corrected chi connectivity index (χ2v) is 7.23. The molecule has 4 aromatic rings. The van der Waals surface area contributed by atoms with Gasteiger partial charge < -0.3 is 14.1 Å². The zero-order valence-electron chi connectivity index (χ0n) is 17.0. The predicted molar refractivity (Wildman–Crippen MR) is 123 cm³/mol. The Morgan fingerprint density at radius 3 is 2.57 bits per heavy atom. The van der Waals surface area contributed by atoms with Gasteiger partial charge in [0, 0.05) is 17.8 Å². The van der Waals surface area contributed by atoms with Crippen LogP contribution in [0.2, 0.25) is 0 Å². The Morgan fingerprint density at radius 1 is 1.00 bits per heavy atom. The number of ether oxygens (including phenoxy) is 1. The van der Waals surface area contributed by atoms with Gasteiger partial charge >= 0.3 is 0 Å². The molecule has 2 aromatic carbocycles. The second-order valence-electron chi connectivity index (χ2n) is 7.23. The van der Waals surface area contributed by atoms with E-state index >= 15 is 0 Å². The highest BCUT2D eigenvalue weighted by atomic mass is 35.5. The summed E-state index contributed by atoms with van der Waals surface area (Å²) in [6, 6.07) is 20.7. The van der Waals surface area contributed by atoms with Gasteiger partial charge in [-0.25, -0.2) is 0 Å². The number of aromatic amines is 1. The van der Waals surface area contributed by atoms with Crippen LogP contribution in [0.1, 0.15) is 44.4 Å². The maximum atomic E-state index is 12.7. The number of nitrogens with one attached hydrogen (secondary N) is 1. The van der Waals surface area contributed by atoms with E-state index in [4.69, 9.17) is 9.15 Å². The smallest absolute Gasteiger partial charge is 0.193 e. The fraction of sp³-hybridized carbons (Fsp3) is 0.240. The third kappa shape index (κ3) is 4.95. The molecule has 4 rings (SSSR count). The van der Waals surface area contributed by atoms with Gasteiger partial charge in [-0.3, -0.25) is 4.79 Å². The van der Waals surface area contributed by atoms with Gasteiger partial charge in [0.1, 0.15) is 23.2 Å². The minimum Gasteiger partial charge on any atom is -0.484 e. The molecule has 0 saturated heterocycles.